The van der Waals surface area contributed by atoms with Gasteiger partial charge < -0.3 is 4.74 Å². The number of ether oxygens (including phenoxy) is 1. The largest absolute Gasteiger partial charge is 0.494 e. The molecule has 0 saturated carbocycles. The molecule has 0 N–H and O–H groups in total. The van der Waals surface area contributed by atoms with Gasteiger partial charge in [-0.25, -0.2) is 4.98 Å². The normalized spacial score (nSPS) is 11.2. The maximum atomic E-state index is 12.3. The van der Waals surface area contributed by atoms with Crippen molar-refractivity contribution in [3.05, 3.63) is 75.8 Å². The molecular weight excluding hydrogens is 314 g/mol. The minimum Gasteiger partial charge on any atom is -0.494 e. The lowest BCUT2D eigenvalue weighted by Crippen LogP contribution is -2.22. The van der Waals surface area contributed by atoms with E-state index in [4.69, 9.17) is 4.74 Å². The van der Waals surface area contributed by atoms with E-state index in [1.165, 1.54) is 5.56 Å². The Morgan fingerprint density at radius 2 is 1.88 bits per heavy atom. The molecule has 5 nitrogen and oxygen atoms in total. The first-order valence-corrected chi connectivity index (χ1v) is 8.45. The highest BCUT2D eigenvalue weighted by molar-refractivity contribution is 5.40. The van der Waals surface area contributed by atoms with E-state index in [1.54, 1.807) is 10.5 Å². The molecule has 1 aromatic carbocycles. The minimum atomic E-state index is -0.0347. The lowest BCUT2D eigenvalue weighted by molar-refractivity contribution is 0.314. The van der Waals surface area contributed by atoms with Crippen LogP contribution < -0.4 is 10.3 Å². The summed E-state index contributed by atoms with van der Waals surface area (Å²) in [5.41, 5.74) is 3.53. The highest BCUT2D eigenvalue weighted by Gasteiger charge is 2.07. The van der Waals surface area contributed by atoms with Crippen molar-refractivity contribution < 1.29 is 4.74 Å². The van der Waals surface area contributed by atoms with Gasteiger partial charge in [0, 0.05) is 24.8 Å². The number of hydrogen-bond acceptors (Lipinski definition) is 4. The van der Waals surface area contributed by atoms with E-state index in [9.17, 15) is 4.79 Å². The summed E-state index contributed by atoms with van der Waals surface area (Å²) < 4.78 is 7.10. The molecule has 0 saturated heterocycles. The molecule has 3 rings (SSSR count). The van der Waals surface area contributed by atoms with E-state index in [-0.39, 0.29) is 5.56 Å². The number of fused-ring (bicyclic) bond motifs is 1. The second kappa shape index (κ2) is 7.49. The monoisotopic (exact) mass is 337 g/mol. The third kappa shape index (κ3) is 4.06. The Kier molecular flexibility index (Phi) is 5.14. The molecule has 0 atom stereocenters. The van der Waals surface area contributed by atoms with E-state index in [1.807, 2.05) is 51.2 Å². The molecule has 0 unspecified atom stereocenters. The van der Waals surface area contributed by atoms with E-state index in [2.05, 4.69) is 22.0 Å². The second-order valence-corrected chi connectivity index (χ2v) is 6.20. The molecule has 0 fully saturated rings. The summed E-state index contributed by atoms with van der Waals surface area (Å²) in [4.78, 5) is 19.1. The van der Waals surface area contributed by atoms with Crippen molar-refractivity contribution in [2.45, 2.75) is 26.9 Å². The average molecular weight is 337 g/mol. The molecule has 0 spiro atoms. The second-order valence-electron chi connectivity index (χ2n) is 6.20. The number of aromatic nitrogens is 2. The first kappa shape index (κ1) is 17.2. The molecule has 3 aromatic rings. The smallest absolute Gasteiger partial charge is 0.258 e. The van der Waals surface area contributed by atoms with Crippen LogP contribution in [0.5, 0.6) is 5.75 Å². The summed E-state index contributed by atoms with van der Waals surface area (Å²) in [6.07, 6.45) is 0. The molecule has 130 valence electrons. The van der Waals surface area contributed by atoms with Crippen molar-refractivity contribution in [1.82, 2.24) is 14.3 Å². The fourth-order valence-corrected chi connectivity index (χ4v) is 2.95. The van der Waals surface area contributed by atoms with Gasteiger partial charge in [-0.15, -0.1) is 0 Å². The van der Waals surface area contributed by atoms with Gasteiger partial charge >= 0.3 is 0 Å². The molecule has 25 heavy (non-hydrogen) atoms. The van der Waals surface area contributed by atoms with Crippen molar-refractivity contribution >= 4 is 5.65 Å². The van der Waals surface area contributed by atoms with Gasteiger partial charge in [0.1, 0.15) is 11.4 Å². The highest BCUT2D eigenvalue weighted by atomic mass is 16.5. The molecule has 0 bridgehead atoms. The highest BCUT2D eigenvalue weighted by Crippen LogP contribution is 2.14. The lowest BCUT2D eigenvalue weighted by Gasteiger charge is -2.17. The van der Waals surface area contributed by atoms with Crippen LogP contribution in [0.3, 0.4) is 0 Å². The van der Waals surface area contributed by atoms with Crippen molar-refractivity contribution in [2.24, 2.45) is 0 Å². The van der Waals surface area contributed by atoms with Crippen LogP contribution in [0, 0.1) is 6.92 Å². The van der Waals surface area contributed by atoms with Crippen LogP contribution in [0.4, 0.5) is 0 Å². The zero-order valence-corrected chi connectivity index (χ0v) is 14.9. The average Bonchev–Trinajstić information content (AvgIpc) is 2.56. The Balaban J connectivity index is 1.73. The summed E-state index contributed by atoms with van der Waals surface area (Å²) in [5, 5.41) is 0. The van der Waals surface area contributed by atoms with Gasteiger partial charge in [-0.3, -0.25) is 14.1 Å². The lowest BCUT2D eigenvalue weighted by atomic mass is 10.2. The first-order chi connectivity index (χ1) is 12.1. The molecule has 5 heteroatoms. The Bertz CT molecular complexity index is 916. The predicted molar refractivity (Wildman–Crippen MR) is 99.0 cm³/mol. The third-order valence-corrected chi connectivity index (χ3v) is 4.05. The topological polar surface area (TPSA) is 46.8 Å². The number of hydrogen-bond donors (Lipinski definition) is 0. The van der Waals surface area contributed by atoms with Gasteiger partial charge in [0.15, 0.2) is 0 Å². The molecule has 0 aliphatic rings. The maximum Gasteiger partial charge on any atom is 0.258 e. The summed E-state index contributed by atoms with van der Waals surface area (Å²) in [5.74, 6) is 0.883. The van der Waals surface area contributed by atoms with Crippen LogP contribution in [0.2, 0.25) is 0 Å². The Morgan fingerprint density at radius 1 is 1.12 bits per heavy atom. The van der Waals surface area contributed by atoms with Crippen LogP contribution in [0.25, 0.3) is 5.65 Å². The van der Waals surface area contributed by atoms with Gasteiger partial charge in [0.25, 0.3) is 5.56 Å². The molecular formula is C20H23N3O2. The van der Waals surface area contributed by atoms with Gasteiger partial charge in [-0.2, -0.15) is 0 Å². The number of benzene rings is 1. The van der Waals surface area contributed by atoms with Crippen molar-refractivity contribution in [1.29, 1.82) is 0 Å². The maximum absolute atomic E-state index is 12.3. The van der Waals surface area contributed by atoms with Crippen LogP contribution in [0.15, 0.2) is 53.3 Å². The molecule has 2 heterocycles. The van der Waals surface area contributed by atoms with Crippen molar-refractivity contribution in [3.8, 4) is 5.75 Å². The third-order valence-electron chi connectivity index (χ3n) is 4.05. The fraction of sp³-hybridized carbons (Fsp3) is 0.300. The molecule has 0 aliphatic carbocycles. The quantitative estimate of drug-likeness (QED) is 0.694. The van der Waals surface area contributed by atoms with Crippen molar-refractivity contribution in [2.75, 3.05) is 13.7 Å². The van der Waals surface area contributed by atoms with E-state index in [0.717, 1.165) is 23.7 Å². The number of nitrogens with zero attached hydrogens (tertiary/aromatic N) is 3. The summed E-state index contributed by atoms with van der Waals surface area (Å²) in [6, 6.07) is 15.4. The molecule has 0 aliphatic heterocycles. The molecule has 2 aromatic heterocycles. The van der Waals surface area contributed by atoms with Gasteiger partial charge in [-0.1, -0.05) is 18.2 Å². The van der Waals surface area contributed by atoms with E-state index in [0.29, 0.717) is 18.8 Å². The van der Waals surface area contributed by atoms with Gasteiger partial charge in [0.2, 0.25) is 0 Å². The van der Waals surface area contributed by atoms with Crippen LogP contribution in [-0.4, -0.2) is 27.9 Å². The van der Waals surface area contributed by atoms with E-state index >= 15 is 0 Å². The van der Waals surface area contributed by atoms with Crippen LogP contribution in [0.1, 0.15) is 23.9 Å². The summed E-state index contributed by atoms with van der Waals surface area (Å²) >= 11 is 0. The minimum absolute atomic E-state index is 0.0347. The number of pyridine rings is 1. The first-order valence-electron chi connectivity index (χ1n) is 8.45. The van der Waals surface area contributed by atoms with Crippen molar-refractivity contribution in [3.63, 3.8) is 0 Å². The Labute approximate surface area is 147 Å². The summed E-state index contributed by atoms with van der Waals surface area (Å²) in [6.45, 7) is 5.95. The zero-order valence-electron chi connectivity index (χ0n) is 14.9. The van der Waals surface area contributed by atoms with Crippen LogP contribution in [-0.2, 0) is 13.1 Å². The Morgan fingerprint density at radius 3 is 2.60 bits per heavy atom. The van der Waals surface area contributed by atoms with Gasteiger partial charge in [0.05, 0.1) is 12.3 Å². The fourth-order valence-electron chi connectivity index (χ4n) is 2.95. The number of rotatable bonds is 6. The number of aryl methyl sites for hydroxylation is 1. The molecule has 0 radical (unpaired) electrons. The standard InChI is InChI=1S/C20H23N3O2/c1-4-25-18-10-8-16(9-11-18)13-22(3)14-17-12-20(24)23-15(2)6-5-7-19(23)21-17/h5-12H,4,13-14H2,1-3H3. The SMILES string of the molecule is CCOc1ccc(CN(C)Cc2cc(=O)n3c(C)cccc3n2)cc1. The van der Waals surface area contributed by atoms with E-state index < -0.39 is 0 Å². The summed E-state index contributed by atoms with van der Waals surface area (Å²) in [7, 11) is 2.02. The predicted octanol–water partition coefficient (Wildman–Crippen LogP) is 3.03. The zero-order chi connectivity index (χ0) is 17.8. The van der Waals surface area contributed by atoms with Gasteiger partial charge in [-0.05, 0) is 50.7 Å². The van der Waals surface area contributed by atoms with Crippen LogP contribution >= 0.6 is 0 Å². The Hall–Kier alpha value is -2.66. The molecule has 0 amide bonds.